The van der Waals surface area contributed by atoms with Gasteiger partial charge < -0.3 is 14.2 Å². The molecule has 0 saturated carbocycles. The minimum atomic E-state index is -0.0886. The molecule has 0 unspecified atom stereocenters. The van der Waals surface area contributed by atoms with Gasteiger partial charge in [-0.05, 0) is 36.4 Å². The van der Waals surface area contributed by atoms with E-state index in [1.165, 1.54) is 0 Å². The van der Waals surface area contributed by atoms with Crippen molar-refractivity contribution >= 4 is 34.0 Å². The van der Waals surface area contributed by atoms with Crippen LogP contribution in [0.4, 0.5) is 5.13 Å². The first kappa shape index (κ1) is 18.9. The van der Waals surface area contributed by atoms with Gasteiger partial charge in [-0.15, -0.1) is 11.3 Å². The molecular weight excluding hydrogens is 422 g/mol. The summed E-state index contributed by atoms with van der Waals surface area (Å²) >= 11 is 7.64. The van der Waals surface area contributed by atoms with Crippen molar-refractivity contribution < 1.29 is 9.21 Å². The van der Waals surface area contributed by atoms with E-state index < -0.39 is 0 Å². The summed E-state index contributed by atoms with van der Waals surface area (Å²) in [5.41, 5.74) is 1.91. The number of rotatable bonds is 4. The summed E-state index contributed by atoms with van der Waals surface area (Å²) in [4.78, 5) is 21.6. The monoisotopic (exact) mass is 439 g/mol. The molecule has 1 saturated heterocycles. The third-order valence-electron chi connectivity index (χ3n) is 5.03. The van der Waals surface area contributed by atoms with Crippen LogP contribution in [0.25, 0.3) is 17.1 Å². The summed E-state index contributed by atoms with van der Waals surface area (Å²) in [6.07, 6.45) is 3.41. The molecule has 1 amide bonds. The molecule has 4 aromatic rings. The Kier molecular flexibility index (Phi) is 5.02. The molecule has 9 heteroatoms. The van der Waals surface area contributed by atoms with E-state index in [-0.39, 0.29) is 5.91 Å². The lowest BCUT2D eigenvalue weighted by molar-refractivity contribution is 0.0740. The number of anilines is 1. The fourth-order valence-electron chi connectivity index (χ4n) is 3.50. The molecule has 0 bridgehead atoms. The highest BCUT2D eigenvalue weighted by molar-refractivity contribution is 7.13. The van der Waals surface area contributed by atoms with Gasteiger partial charge in [-0.1, -0.05) is 11.6 Å². The third kappa shape index (κ3) is 3.59. The fourth-order valence-corrected chi connectivity index (χ4v) is 4.32. The number of thiazole rings is 1. The number of halogens is 1. The Morgan fingerprint density at radius 3 is 2.57 bits per heavy atom. The lowest BCUT2D eigenvalue weighted by atomic mass is 10.2. The van der Waals surface area contributed by atoms with Gasteiger partial charge in [0.2, 0.25) is 0 Å². The van der Waals surface area contributed by atoms with Crippen molar-refractivity contribution in [2.75, 3.05) is 31.1 Å². The van der Waals surface area contributed by atoms with E-state index in [9.17, 15) is 4.79 Å². The van der Waals surface area contributed by atoms with Crippen LogP contribution in [-0.4, -0.2) is 51.8 Å². The van der Waals surface area contributed by atoms with Gasteiger partial charge in [0, 0.05) is 48.8 Å². The van der Waals surface area contributed by atoms with Crippen LogP contribution in [0.2, 0.25) is 5.02 Å². The smallest absolute Gasteiger partial charge is 0.274 e. The van der Waals surface area contributed by atoms with E-state index >= 15 is 0 Å². The molecule has 1 aliphatic heterocycles. The van der Waals surface area contributed by atoms with Crippen LogP contribution in [0.1, 0.15) is 10.5 Å². The normalized spacial score (nSPS) is 14.3. The topological polar surface area (TPSA) is 67.4 Å². The van der Waals surface area contributed by atoms with Crippen molar-refractivity contribution in [2.45, 2.75) is 0 Å². The van der Waals surface area contributed by atoms with Crippen LogP contribution >= 0.6 is 22.9 Å². The molecule has 7 nitrogen and oxygen atoms in total. The Bertz CT molecular complexity index is 1130. The van der Waals surface area contributed by atoms with Crippen LogP contribution in [-0.2, 0) is 0 Å². The number of furan rings is 1. The Morgan fingerprint density at radius 1 is 1.10 bits per heavy atom. The van der Waals surface area contributed by atoms with Crippen molar-refractivity contribution in [1.82, 2.24) is 19.7 Å². The highest BCUT2D eigenvalue weighted by Gasteiger charge is 2.26. The molecule has 1 aliphatic rings. The molecule has 0 atom stereocenters. The maximum atomic E-state index is 13.2. The van der Waals surface area contributed by atoms with Gasteiger partial charge in [0.05, 0.1) is 12.0 Å². The van der Waals surface area contributed by atoms with Gasteiger partial charge in [-0.3, -0.25) is 4.79 Å². The molecule has 0 spiro atoms. The number of carbonyl (C=O) groups excluding carboxylic acids is 1. The maximum Gasteiger partial charge on any atom is 0.274 e. The number of hydrogen-bond donors (Lipinski definition) is 0. The van der Waals surface area contributed by atoms with Gasteiger partial charge in [-0.25, -0.2) is 9.67 Å². The van der Waals surface area contributed by atoms with Gasteiger partial charge in [-0.2, -0.15) is 5.10 Å². The Labute approximate surface area is 182 Å². The minimum Gasteiger partial charge on any atom is -0.463 e. The van der Waals surface area contributed by atoms with E-state index in [1.54, 1.807) is 46.7 Å². The molecular formula is C21H18ClN5O2S. The summed E-state index contributed by atoms with van der Waals surface area (Å²) in [5.74, 6) is 0.555. The molecule has 1 fully saturated rings. The zero-order valence-electron chi connectivity index (χ0n) is 15.9. The van der Waals surface area contributed by atoms with E-state index in [1.807, 2.05) is 34.5 Å². The molecule has 30 heavy (non-hydrogen) atoms. The molecule has 152 valence electrons. The van der Waals surface area contributed by atoms with Crippen LogP contribution < -0.4 is 4.90 Å². The number of aromatic nitrogens is 3. The quantitative estimate of drug-likeness (QED) is 0.476. The average molecular weight is 440 g/mol. The standard InChI is InChI=1S/C21H18ClN5O2S/c22-15-3-5-16(6-4-15)27-18(19-2-1-12-29-19)14-17(24-27)20(28)25-8-10-26(11-9-25)21-23-7-13-30-21/h1-7,12-14H,8-11H2. The van der Waals surface area contributed by atoms with Gasteiger partial charge in [0.15, 0.2) is 16.6 Å². The first-order chi connectivity index (χ1) is 14.7. The zero-order valence-corrected chi connectivity index (χ0v) is 17.5. The van der Waals surface area contributed by atoms with Gasteiger partial charge >= 0.3 is 0 Å². The molecule has 3 aromatic heterocycles. The lowest BCUT2D eigenvalue weighted by Crippen LogP contribution is -2.48. The second-order valence-corrected chi connectivity index (χ2v) is 8.18. The lowest BCUT2D eigenvalue weighted by Gasteiger charge is -2.34. The SMILES string of the molecule is O=C(c1cc(-c2ccco2)n(-c2ccc(Cl)cc2)n1)N1CCN(c2nccs2)CC1. The van der Waals surface area contributed by atoms with Crippen LogP contribution in [0.3, 0.4) is 0 Å². The van der Waals surface area contributed by atoms with Crippen molar-refractivity contribution in [3.63, 3.8) is 0 Å². The molecule has 5 rings (SSSR count). The summed E-state index contributed by atoms with van der Waals surface area (Å²) in [7, 11) is 0. The fraction of sp³-hybridized carbons (Fsp3) is 0.190. The van der Waals surface area contributed by atoms with Crippen molar-refractivity contribution in [3.05, 3.63) is 71.0 Å². The predicted molar refractivity (Wildman–Crippen MR) is 117 cm³/mol. The number of carbonyl (C=O) groups is 1. The Hall–Kier alpha value is -3.10. The average Bonchev–Trinajstić information content (AvgIpc) is 3.55. The molecule has 0 N–H and O–H groups in total. The predicted octanol–water partition coefficient (Wildman–Crippen LogP) is 4.20. The second-order valence-electron chi connectivity index (χ2n) is 6.87. The summed E-state index contributed by atoms with van der Waals surface area (Å²) < 4.78 is 7.29. The summed E-state index contributed by atoms with van der Waals surface area (Å²) in [6.45, 7) is 2.76. The largest absolute Gasteiger partial charge is 0.463 e. The summed E-state index contributed by atoms with van der Waals surface area (Å²) in [6, 6.07) is 12.8. The number of amides is 1. The number of benzene rings is 1. The van der Waals surface area contributed by atoms with E-state index in [0.29, 0.717) is 35.3 Å². The molecule has 4 heterocycles. The van der Waals surface area contributed by atoms with Crippen molar-refractivity contribution in [3.8, 4) is 17.1 Å². The zero-order chi connectivity index (χ0) is 20.5. The van der Waals surface area contributed by atoms with Crippen LogP contribution in [0, 0.1) is 0 Å². The number of hydrogen-bond acceptors (Lipinski definition) is 6. The minimum absolute atomic E-state index is 0.0886. The van der Waals surface area contributed by atoms with Crippen LogP contribution in [0.5, 0.6) is 0 Å². The number of nitrogens with zero attached hydrogens (tertiary/aromatic N) is 5. The maximum absolute atomic E-state index is 13.2. The van der Waals surface area contributed by atoms with E-state index in [2.05, 4.69) is 15.0 Å². The van der Waals surface area contributed by atoms with Gasteiger partial charge in [0.1, 0.15) is 5.69 Å². The Morgan fingerprint density at radius 2 is 1.90 bits per heavy atom. The second kappa shape index (κ2) is 7.97. The summed E-state index contributed by atoms with van der Waals surface area (Å²) in [5, 5.41) is 8.21. The number of piperazine rings is 1. The van der Waals surface area contributed by atoms with E-state index in [0.717, 1.165) is 23.9 Å². The third-order valence-corrected chi connectivity index (χ3v) is 6.11. The first-order valence-electron chi connectivity index (χ1n) is 9.52. The van der Waals surface area contributed by atoms with Crippen LogP contribution in [0.15, 0.2) is 64.7 Å². The molecule has 0 radical (unpaired) electrons. The highest BCUT2D eigenvalue weighted by atomic mass is 35.5. The van der Waals surface area contributed by atoms with Crippen molar-refractivity contribution in [2.24, 2.45) is 0 Å². The first-order valence-corrected chi connectivity index (χ1v) is 10.8. The highest BCUT2D eigenvalue weighted by Crippen LogP contribution is 2.26. The van der Waals surface area contributed by atoms with Gasteiger partial charge in [0.25, 0.3) is 5.91 Å². The Balaban J connectivity index is 1.41. The van der Waals surface area contributed by atoms with E-state index in [4.69, 9.17) is 16.0 Å². The molecule has 0 aliphatic carbocycles. The molecule has 1 aromatic carbocycles. The van der Waals surface area contributed by atoms with Crippen molar-refractivity contribution in [1.29, 1.82) is 0 Å².